The molecular formula is C16H24ClFN2O2. The van der Waals surface area contributed by atoms with Crippen molar-refractivity contribution in [2.75, 3.05) is 20.2 Å². The fraction of sp³-hybridized carbons (Fsp3) is 0.562. The first-order valence-corrected chi connectivity index (χ1v) is 7.33. The monoisotopic (exact) mass is 330 g/mol. The predicted molar refractivity (Wildman–Crippen MR) is 86.6 cm³/mol. The molecule has 1 aromatic carbocycles. The lowest BCUT2D eigenvalue weighted by Gasteiger charge is -2.23. The molecular weight excluding hydrogens is 307 g/mol. The quantitative estimate of drug-likeness (QED) is 0.901. The van der Waals surface area contributed by atoms with Crippen molar-refractivity contribution >= 4 is 18.3 Å². The Morgan fingerprint density at radius 3 is 2.64 bits per heavy atom. The van der Waals surface area contributed by atoms with Gasteiger partial charge in [-0.05, 0) is 31.0 Å². The van der Waals surface area contributed by atoms with E-state index in [2.05, 4.69) is 0 Å². The van der Waals surface area contributed by atoms with Crippen LogP contribution in [0.3, 0.4) is 0 Å². The summed E-state index contributed by atoms with van der Waals surface area (Å²) in [5, 5.41) is 0. The number of likely N-dealkylation sites (tertiary alicyclic amines) is 1. The van der Waals surface area contributed by atoms with Gasteiger partial charge in [0.15, 0.2) is 0 Å². The summed E-state index contributed by atoms with van der Waals surface area (Å²) in [4.78, 5) is 14.2. The smallest absolute Gasteiger partial charge is 0.225 e. The van der Waals surface area contributed by atoms with E-state index in [-0.39, 0.29) is 42.2 Å². The van der Waals surface area contributed by atoms with Gasteiger partial charge in [0, 0.05) is 32.2 Å². The lowest BCUT2D eigenvalue weighted by molar-refractivity contribution is -0.134. The molecule has 3 unspecified atom stereocenters. The number of rotatable bonds is 5. The summed E-state index contributed by atoms with van der Waals surface area (Å²) in [5.41, 5.74) is 6.65. The Morgan fingerprint density at radius 2 is 2.09 bits per heavy atom. The van der Waals surface area contributed by atoms with Gasteiger partial charge in [-0.25, -0.2) is 4.39 Å². The molecule has 0 spiro atoms. The summed E-state index contributed by atoms with van der Waals surface area (Å²) in [5.74, 6) is 0.108. The molecule has 1 saturated heterocycles. The lowest BCUT2D eigenvalue weighted by atomic mass is 9.97. The first kappa shape index (κ1) is 18.9. The van der Waals surface area contributed by atoms with Gasteiger partial charge in [0.05, 0.1) is 12.5 Å². The number of methoxy groups -OCH3 is 1. The molecule has 1 aliphatic rings. The standard InChI is InChI=1S/C16H23FN2O2.ClH/c1-11-7-13(12-3-5-14(17)6-4-12)10-19(11)16(20)8-15(9-18)21-2;/h3-6,11,13,15H,7-10,18H2,1-2H3;1H. The molecule has 1 aromatic rings. The second kappa shape index (κ2) is 8.46. The topological polar surface area (TPSA) is 55.6 Å². The van der Waals surface area contributed by atoms with Crippen LogP contribution in [0.5, 0.6) is 0 Å². The predicted octanol–water partition coefficient (Wildman–Crippen LogP) is 2.32. The number of amides is 1. The zero-order valence-electron chi connectivity index (χ0n) is 13.0. The van der Waals surface area contributed by atoms with Crippen LogP contribution in [0, 0.1) is 5.82 Å². The third-order valence-corrected chi connectivity index (χ3v) is 4.24. The molecule has 0 bridgehead atoms. The molecule has 2 N–H and O–H groups in total. The molecule has 1 heterocycles. The SMILES string of the molecule is COC(CN)CC(=O)N1CC(c2ccc(F)cc2)CC1C.Cl. The van der Waals surface area contributed by atoms with Crippen LogP contribution in [0.4, 0.5) is 4.39 Å². The molecule has 22 heavy (non-hydrogen) atoms. The minimum absolute atomic E-state index is 0. The van der Waals surface area contributed by atoms with Crippen molar-refractivity contribution in [1.29, 1.82) is 0 Å². The van der Waals surface area contributed by atoms with E-state index in [1.165, 1.54) is 12.1 Å². The van der Waals surface area contributed by atoms with Crippen molar-refractivity contribution < 1.29 is 13.9 Å². The molecule has 1 amide bonds. The zero-order chi connectivity index (χ0) is 15.4. The maximum atomic E-state index is 13.0. The van der Waals surface area contributed by atoms with Gasteiger partial charge < -0.3 is 15.4 Å². The van der Waals surface area contributed by atoms with E-state index >= 15 is 0 Å². The van der Waals surface area contributed by atoms with Crippen molar-refractivity contribution in [3.05, 3.63) is 35.6 Å². The summed E-state index contributed by atoms with van der Waals surface area (Å²) in [7, 11) is 1.57. The summed E-state index contributed by atoms with van der Waals surface area (Å²) < 4.78 is 18.2. The third-order valence-electron chi connectivity index (χ3n) is 4.24. The average Bonchev–Trinajstić information content (AvgIpc) is 2.87. The van der Waals surface area contributed by atoms with Crippen LogP contribution >= 0.6 is 12.4 Å². The average molecular weight is 331 g/mol. The van der Waals surface area contributed by atoms with E-state index in [0.717, 1.165) is 12.0 Å². The summed E-state index contributed by atoms with van der Waals surface area (Å²) in [6, 6.07) is 6.74. The molecule has 0 radical (unpaired) electrons. The van der Waals surface area contributed by atoms with Crippen molar-refractivity contribution in [2.45, 2.75) is 37.8 Å². The first-order valence-electron chi connectivity index (χ1n) is 7.33. The Hall–Kier alpha value is -1.17. The molecule has 6 heteroatoms. The summed E-state index contributed by atoms with van der Waals surface area (Å²) in [6.07, 6.45) is 0.986. The van der Waals surface area contributed by atoms with Gasteiger partial charge in [-0.3, -0.25) is 4.79 Å². The number of halogens is 2. The van der Waals surface area contributed by atoms with Crippen LogP contribution in [0.25, 0.3) is 0 Å². The van der Waals surface area contributed by atoms with Crippen LogP contribution in [0.1, 0.15) is 31.2 Å². The number of nitrogens with two attached hydrogens (primary N) is 1. The van der Waals surface area contributed by atoms with Crippen molar-refractivity contribution in [3.8, 4) is 0 Å². The fourth-order valence-corrected chi connectivity index (χ4v) is 2.93. The van der Waals surface area contributed by atoms with Crippen molar-refractivity contribution in [2.24, 2.45) is 5.73 Å². The normalized spacial score (nSPS) is 22.3. The van der Waals surface area contributed by atoms with Crippen molar-refractivity contribution in [3.63, 3.8) is 0 Å². The van der Waals surface area contributed by atoms with Gasteiger partial charge in [-0.1, -0.05) is 12.1 Å². The highest BCUT2D eigenvalue weighted by Gasteiger charge is 2.33. The van der Waals surface area contributed by atoms with Crippen LogP contribution in [0.15, 0.2) is 24.3 Å². The van der Waals surface area contributed by atoms with Crippen LogP contribution in [-0.2, 0) is 9.53 Å². The minimum Gasteiger partial charge on any atom is -0.380 e. The first-order chi connectivity index (χ1) is 10.0. The van der Waals surface area contributed by atoms with Gasteiger partial charge in [-0.2, -0.15) is 0 Å². The molecule has 0 aromatic heterocycles. The molecule has 1 aliphatic heterocycles. The van der Waals surface area contributed by atoms with Gasteiger partial charge >= 0.3 is 0 Å². The molecule has 3 atom stereocenters. The Morgan fingerprint density at radius 1 is 1.45 bits per heavy atom. The Labute approximate surface area is 137 Å². The van der Waals surface area contributed by atoms with E-state index in [0.29, 0.717) is 19.5 Å². The van der Waals surface area contributed by atoms with Gasteiger partial charge in [0.25, 0.3) is 0 Å². The highest BCUT2D eigenvalue weighted by Crippen LogP contribution is 2.32. The number of nitrogens with zero attached hydrogens (tertiary/aromatic N) is 1. The molecule has 124 valence electrons. The second-order valence-corrected chi connectivity index (χ2v) is 5.68. The van der Waals surface area contributed by atoms with E-state index in [9.17, 15) is 9.18 Å². The Bertz CT molecular complexity index is 480. The maximum absolute atomic E-state index is 13.0. The number of carbonyl (C=O) groups excluding carboxylic acids is 1. The highest BCUT2D eigenvalue weighted by atomic mass is 35.5. The largest absolute Gasteiger partial charge is 0.380 e. The van der Waals surface area contributed by atoms with Crippen LogP contribution < -0.4 is 5.73 Å². The number of benzene rings is 1. The van der Waals surface area contributed by atoms with Crippen LogP contribution in [-0.4, -0.2) is 43.2 Å². The van der Waals surface area contributed by atoms with Crippen LogP contribution in [0.2, 0.25) is 0 Å². The van der Waals surface area contributed by atoms with E-state index < -0.39 is 0 Å². The summed E-state index contributed by atoms with van der Waals surface area (Å²) in [6.45, 7) is 3.06. The van der Waals surface area contributed by atoms with Gasteiger partial charge in [-0.15, -0.1) is 12.4 Å². The highest BCUT2D eigenvalue weighted by molar-refractivity contribution is 5.85. The molecule has 0 aliphatic carbocycles. The lowest BCUT2D eigenvalue weighted by Crippen LogP contribution is -2.38. The van der Waals surface area contributed by atoms with Gasteiger partial charge in [0.1, 0.15) is 5.82 Å². The molecule has 4 nitrogen and oxygen atoms in total. The fourth-order valence-electron chi connectivity index (χ4n) is 2.93. The van der Waals surface area contributed by atoms with E-state index in [1.54, 1.807) is 19.2 Å². The zero-order valence-corrected chi connectivity index (χ0v) is 13.8. The number of hydrogen-bond acceptors (Lipinski definition) is 3. The minimum atomic E-state index is -0.233. The number of carbonyl (C=O) groups is 1. The van der Waals surface area contributed by atoms with Gasteiger partial charge in [0.2, 0.25) is 5.91 Å². The molecule has 0 saturated carbocycles. The summed E-state index contributed by atoms with van der Waals surface area (Å²) >= 11 is 0. The Kier molecular flexibility index (Phi) is 7.26. The van der Waals surface area contributed by atoms with E-state index in [4.69, 9.17) is 10.5 Å². The number of ether oxygens (including phenoxy) is 1. The third kappa shape index (κ3) is 4.41. The van der Waals surface area contributed by atoms with Crippen molar-refractivity contribution in [1.82, 2.24) is 4.90 Å². The maximum Gasteiger partial charge on any atom is 0.225 e. The number of hydrogen-bond donors (Lipinski definition) is 1. The molecule has 1 fully saturated rings. The van der Waals surface area contributed by atoms with E-state index in [1.807, 2.05) is 11.8 Å². The second-order valence-electron chi connectivity index (χ2n) is 5.68. The Balaban J connectivity index is 0.00000242. The molecule has 2 rings (SSSR count).